The Kier molecular flexibility index (Phi) is 4.19. The largest absolute Gasteiger partial charge is 0.469 e. The van der Waals surface area contributed by atoms with Crippen molar-refractivity contribution in [1.29, 1.82) is 0 Å². The topological polar surface area (TPSA) is 87.7 Å². The van der Waals surface area contributed by atoms with E-state index in [-0.39, 0.29) is 0 Å². The Morgan fingerprint density at radius 2 is 2.23 bits per heavy atom. The van der Waals surface area contributed by atoms with Crippen LogP contribution in [-0.4, -0.2) is 30.4 Å². The number of nitrogens with zero attached hydrogens (tertiary/aromatic N) is 5. The molecule has 0 fully saturated rings. The third kappa shape index (κ3) is 3.01. The van der Waals surface area contributed by atoms with Crippen LogP contribution in [0, 0.1) is 6.92 Å². The van der Waals surface area contributed by atoms with E-state index >= 15 is 0 Å². The molecule has 116 valence electrons. The van der Waals surface area contributed by atoms with Gasteiger partial charge in [-0.1, -0.05) is 11.8 Å². The molecule has 0 spiro atoms. The van der Waals surface area contributed by atoms with Crippen LogP contribution in [0.1, 0.15) is 17.7 Å². The summed E-state index contributed by atoms with van der Waals surface area (Å²) < 4.78 is 8.62. The van der Waals surface area contributed by atoms with E-state index in [2.05, 4.69) is 15.3 Å². The third-order valence-electron chi connectivity index (χ3n) is 3.36. The second-order valence-electron chi connectivity index (χ2n) is 5.04. The molecule has 3 rings (SSSR count). The quantitative estimate of drug-likeness (QED) is 0.425. The first-order valence-corrected chi connectivity index (χ1v) is 7.99. The number of hydrogen-bond donors (Lipinski definition) is 1. The molecule has 0 saturated carbocycles. The van der Waals surface area contributed by atoms with Crippen molar-refractivity contribution in [2.45, 2.75) is 24.9 Å². The predicted octanol–water partition coefficient (Wildman–Crippen LogP) is 2.02. The second kappa shape index (κ2) is 6.27. The van der Waals surface area contributed by atoms with Gasteiger partial charge in [0, 0.05) is 19.0 Å². The van der Waals surface area contributed by atoms with Gasteiger partial charge in [-0.05, 0) is 31.4 Å². The molecule has 0 saturated heterocycles. The van der Waals surface area contributed by atoms with Crippen molar-refractivity contribution in [2.24, 2.45) is 7.05 Å². The molecular weight excluding hydrogens is 300 g/mol. The summed E-state index contributed by atoms with van der Waals surface area (Å²) in [7, 11) is 1.93. The molecule has 3 aromatic rings. The minimum absolute atomic E-state index is 0.626. The van der Waals surface area contributed by atoms with E-state index in [1.165, 1.54) is 10.2 Å². The Morgan fingerprint density at radius 3 is 2.91 bits per heavy atom. The number of hydrogen-bond acceptors (Lipinski definition) is 6. The number of aromatic nitrogens is 5. The molecule has 0 atom stereocenters. The van der Waals surface area contributed by atoms with Gasteiger partial charge in [0.1, 0.15) is 5.76 Å². The van der Waals surface area contributed by atoms with Crippen LogP contribution in [0.4, 0.5) is 0 Å². The van der Waals surface area contributed by atoms with Crippen LogP contribution in [0.2, 0.25) is 0 Å². The van der Waals surface area contributed by atoms with Crippen LogP contribution in [0.5, 0.6) is 0 Å². The lowest BCUT2D eigenvalue weighted by atomic mass is 10.2. The van der Waals surface area contributed by atoms with Gasteiger partial charge < -0.3 is 10.3 Å². The maximum atomic E-state index is 6.08. The molecule has 2 N–H and O–H groups in total. The van der Waals surface area contributed by atoms with Crippen molar-refractivity contribution in [3.8, 4) is 11.4 Å². The highest BCUT2D eigenvalue weighted by Crippen LogP contribution is 2.25. The van der Waals surface area contributed by atoms with E-state index < -0.39 is 0 Å². The Morgan fingerprint density at radius 1 is 1.36 bits per heavy atom. The molecule has 0 radical (unpaired) electrons. The van der Waals surface area contributed by atoms with Crippen molar-refractivity contribution in [2.75, 3.05) is 11.6 Å². The monoisotopic (exact) mass is 318 g/mol. The molecule has 0 unspecified atom stereocenters. The van der Waals surface area contributed by atoms with Crippen molar-refractivity contribution >= 4 is 11.8 Å². The fraction of sp³-hybridized carbons (Fsp3) is 0.357. The van der Waals surface area contributed by atoms with E-state index in [4.69, 9.17) is 10.3 Å². The van der Waals surface area contributed by atoms with Crippen molar-refractivity contribution in [1.82, 2.24) is 24.7 Å². The highest BCUT2D eigenvalue weighted by atomic mass is 32.2. The Hall–Kier alpha value is -2.22. The molecule has 3 heterocycles. The van der Waals surface area contributed by atoms with Gasteiger partial charge in [-0.25, -0.2) is 4.68 Å². The van der Waals surface area contributed by atoms with E-state index in [0.717, 1.165) is 29.9 Å². The van der Waals surface area contributed by atoms with E-state index in [0.29, 0.717) is 11.0 Å². The highest BCUT2D eigenvalue weighted by molar-refractivity contribution is 7.99. The van der Waals surface area contributed by atoms with Crippen LogP contribution in [0.15, 0.2) is 34.3 Å². The van der Waals surface area contributed by atoms with Crippen LogP contribution in [0.25, 0.3) is 11.4 Å². The molecule has 8 heteroatoms. The van der Waals surface area contributed by atoms with Gasteiger partial charge in [0.05, 0.1) is 18.0 Å². The Bertz CT molecular complexity index is 759. The lowest BCUT2D eigenvalue weighted by Crippen LogP contribution is -2.11. The normalized spacial score (nSPS) is 11.2. The average Bonchev–Trinajstić information content (AvgIpc) is 3.18. The highest BCUT2D eigenvalue weighted by Gasteiger charge is 2.15. The second-order valence-corrected chi connectivity index (χ2v) is 6.10. The molecule has 0 aliphatic rings. The fourth-order valence-corrected chi connectivity index (χ4v) is 3.01. The lowest BCUT2D eigenvalue weighted by Gasteiger charge is -2.02. The van der Waals surface area contributed by atoms with Gasteiger partial charge in [0.25, 0.3) is 0 Å². The molecule has 0 bridgehead atoms. The van der Waals surface area contributed by atoms with Crippen molar-refractivity contribution in [3.63, 3.8) is 0 Å². The first kappa shape index (κ1) is 14.7. The zero-order valence-electron chi connectivity index (χ0n) is 12.6. The standard InChI is InChI=1S/C14H18N6OS/c1-10-12(5-6-21-10)13-17-18-14(20(13)15)22-7-3-4-11-8-16-19(2)9-11/h5-6,8-9H,3-4,7,15H2,1-2H3. The average molecular weight is 318 g/mol. The van der Waals surface area contributed by atoms with Crippen LogP contribution in [0.3, 0.4) is 0 Å². The van der Waals surface area contributed by atoms with E-state index in [1.807, 2.05) is 37.1 Å². The fourth-order valence-electron chi connectivity index (χ4n) is 2.22. The summed E-state index contributed by atoms with van der Waals surface area (Å²) in [6.07, 6.45) is 7.59. The first-order valence-electron chi connectivity index (χ1n) is 7.00. The van der Waals surface area contributed by atoms with Crippen LogP contribution in [-0.2, 0) is 13.5 Å². The van der Waals surface area contributed by atoms with Gasteiger partial charge in [-0.15, -0.1) is 10.2 Å². The minimum atomic E-state index is 0.626. The van der Waals surface area contributed by atoms with Crippen LogP contribution < -0.4 is 5.84 Å². The number of nitrogens with two attached hydrogens (primary N) is 1. The van der Waals surface area contributed by atoms with Crippen LogP contribution >= 0.6 is 11.8 Å². The zero-order valence-corrected chi connectivity index (χ0v) is 13.4. The predicted molar refractivity (Wildman–Crippen MR) is 84.9 cm³/mol. The molecule has 0 aliphatic heterocycles. The number of nitrogen functional groups attached to an aromatic ring is 1. The summed E-state index contributed by atoms with van der Waals surface area (Å²) in [5.74, 6) is 8.41. The number of furan rings is 1. The summed E-state index contributed by atoms with van der Waals surface area (Å²) in [5.41, 5.74) is 2.12. The van der Waals surface area contributed by atoms with Gasteiger partial charge >= 0.3 is 0 Å². The van der Waals surface area contributed by atoms with E-state index in [9.17, 15) is 0 Å². The summed E-state index contributed by atoms with van der Waals surface area (Å²) in [6.45, 7) is 1.88. The number of aryl methyl sites for hydroxylation is 3. The minimum Gasteiger partial charge on any atom is -0.469 e. The Labute approximate surface area is 132 Å². The van der Waals surface area contributed by atoms with Crippen molar-refractivity contribution in [3.05, 3.63) is 36.0 Å². The summed E-state index contributed by atoms with van der Waals surface area (Å²) in [4.78, 5) is 0. The molecule has 0 aromatic carbocycles. The molecule has 22 heavy (non-hydrogen) atoms. The summed E-state index contributed by atoms with van der Waals surface area (Å²) in [5, 5.41) is 13.2. The van der Waals surface area contributed by atoms with Gasteiger partial charge in [0.2, 0.25) is 5.16 Å². The molecule has 3 aromatic heterocycles. The third-order valence-corrected chi connectivity index (χ3v) is 4.39. The number of thioether (sulfide) groups is 1. The van der Waals surface area contributed by atoms with Gasteiger partial charge in [0.15, 0.2) is 5.82 Å². The first-order chi connectivity index (χ1) is 10.6. The summed E-state index contributed by atoms with van der Waals surface area (Å²) in [6, 6.07) is 1.85. The molecule has 0 amide bonds. The Balaban J connectivity index is 1.57. The van der Waals surface area contributed by atoms with Crippen molar-refractivity contribution < 1.29 is 4.42 Å². The molecule has 0 aliphatic carbocycles. The molecule has 7 nitrogen and oxygen atoms in total. The lowest BCUT2D eigenvalue weighted by molar-refractivity contribution is 0.535. The van der Waals surface area contributed by atoms with Gasteiger partial charge in [-0.2, -0.15) is 5.10 Å². The zero-order chi connectivity index (χ0) is 15.5. The maximum Gasteiger partial charge on any atom is 0.210 e. The van der Waals surface area contributed by atoms with Gasteiger partial charge in [-0.3, -0.25) is 4.68 Å². The van der Waals surface area contributed by atoms with E-state index in [1.54, 1.807) is 18.0 Å². The smallest absolute Gasteiger partial charge is 0.210 e. The summed E-state index contributed by atoms with van der Waals surface area (Å²) >= 11 is 1.60. The maximum absolute atomic E-state index is 6.08. The SMILES string of the molecule is Cc1occc1-c1nnc(SCCCc2cnn(C)c2)n1N. The molecular formula is C14H18N6OS. The number of rotatable bonds is 6.